The largest absolute Gasteiger partial charge is 0.367 e. The second-order valence-corrected chi connectivity index (χ2v) is 9.98. The Balaban J connectivity index is 1.78. The summed E-state index contributed by atoms with van der Waals surface area (Å²) in [4.78, 5) is 15.8. The summed E-state index contributed by atoms with van der Waals surface area (Å²) in [6.07, 6.45) is -1.15. The summed E-state index contributed by atoms with van der Waals surface area (Å²) >= 11 is 1.24. The molecular weight excluding hydrogens is 378 g/mol. The average molecular weight is 407 g/mol. The van der Waals surface area contributed by atoms with Gasteiger partial charge in [0.2, 0.25) is 5.91 Å². The summed E-state index contributed by atoms with van der Waals surface area (Å²) < 4.78 is 26.0. The second-order valence-electron chi connectivity index (χ2n) is 8.81. The predicted octanol–water partition coefficient (Wildman–Crippen LogP) is 6.24. The van der Waals surface area contributed by atoms with Gasteiger partial charge in [0.15, 0.2) is 0 Å². The number of amides is 1. The van der Waals surface area contributed by atoms with Crippen molar-refractivity contribution in [3.05, 3.63) is 44.6 Å². The molecule has 0 bridgehead atoms. The number of nitrogens with zero attached hydrogens (tertiary/aromatic N) is 1. The van der Waals surface area contributed by atoms with E-state index in [9.17, 15) is 13.6 Å². The molecule has 1 aromatic carbocycles. The van der Waals surface area contributed by atoms with Crippen LogP contribution in [0.3, 0.4) is 0 Å². The molecule has 1 amide bonds. The van der Waals surface area contributed by atoms with Crippen LogP contribution in [-0.4, -0.2) is 12.5 Å². The molecule has 1 aliphatic rings. The fourth-order valence-electron chi connectivity index (χ4n) is 3.67. The van der Waals surface area contributed by atoms with Gasteiger partial charge in [-0.3, -0.25) is 4.79 Å². The number of nitrogens with one attached hydrogen (secondary N) is 1. The van der Waals surface area contributed by atoms with Crippen LogP contribution < -0.4 is 10.2 Å². The first-order chi connectivity index (χ1) is 13.0. The fourth-order valence-corrected chi connectivity index (χ4v) is 4.69. The van der Waals surface area contributed by atoms with Crippen molar-refractivity contribution in [2.75, 3.05) is 16.8 Å². The van der Waals surface area contributed by atoms with Gasteiger partial charge in [-0.25, -0.2) is 8.78 Å². The number of benzene rings is 1. The lowest BCUT2D eigenvalue weighted by molar-refractivity contribution is -0.117. The molecule has 3 nitrogen and oxygen atoms in total. The molecule has 6 heteroatoms. The molecule has 0 aliphatic carbocycles. The van der Waals surface area contributed by atoms with Gasteiger partial charge in [0, 0.05) is 35.8 Å². The number of anilines is 2. The predicted molar refractivity (Wildman–Crippen MR) is 113 cm³/mol. The zero-order chi connectivity index (χ0) is 20.6. The summed E-state index contributed by atoms with van der Waals surface area (Å²) in [5.41, 5.74) is 4.91. The van der Waals surface area contributed by atoms with Crippen molar-refractivity contribution in [3.8, 4) is 0 Å². The highest BCUT2D eigenvalue weighted by molar-refractivity contribution is 7.12. The van der Waals surface area contributed by atoms with Gasteiger partial charge < -0.3 is 10.2 Å². The quantitative estimate of drug-likeness (QED) is 0.652. The normalized spacial score (nSPS) is 14.4. The van der Waals surface area contributed by atoms with Crippen LogP contribution in [0, 0.1) is 19.3 Å². The minimum atomic E-state index is -2.40. The van der Waals surface area contributed by atoms with E-state index in [1.54, 1.807) is 6.07 Å². The first-order valence-corrected chi connectivity index (χ1v) is 10.4. The maximum Gasteiger partial charge on any atom is 0.272 e. The monoisotopic (exact) mass is 406 g/mol. The van der Waals surface area contributed by atoms with E-state index in [0.717, 1.165) is 45.9 Å². The molecule has 0 saturated carbocycles. The van der Waals surface area contributed by atoms with E-state index in [1.165, 1.54) is 11.3 Å². The maximum absolute atomic E-state index is 13.0. The minimum Gasteiger partial charge on any atom is -0.367 e. The number of alkyl halides is 2. The molecular formula is C22H28F2N2OS. The molecule has 0 unspecified atom stereocenters. The lowest BCUT2D eigenvalue weighted by Gasteiger charge is -2.30. The van der Waals surface area contributed by atoms with Crippen LogP contribution >= 0.6 is 11.3 Å². The second kappa shape index (κ2) is 7.82. The molecule has 0 atom stereocenters. The van der Waals surface area contributed by atoms with Crippen molar-refractivity contribution in [1.82, 2.24) is 0 Å². The van der Waals surface area contributed by atoms with Crippen LogP contribution in [-0.2, 0) is 17.8 Å². The Morgan fingerprint density at radius 3 is 2.43 bits per heavy atom. The summed E-state index contributed by atoms with van der Waals surface area (Å²) in [5, 5.41) is 3.06. The average Bonchev–Trinajstić information content (AvgIpc) is 3.00. The maximum atomic E-state index is 13.0. The third kappa shape index (κ3) is 4.72. The lowest BCUT2D eigenvalue weighted by atomic mass is 9.92. The van der Waals surface area contributed by atoms with E-state index in [0.29, 0.717) is 13.0 Å². The van der Waals surface area contributed by atoms with Crippen molar-refractivity contribution in [2.45, 2.75) is 60.4 Å². The van der Waals surface area contributed by atoms with Crippen molar-refractivity contribution >= 4 is 28.6 Å². The number of hydrogen-bond acceptors (Lipinski definition) is 3. The SMILES string of the molecule is Cc1cc(N2CCc3sc(C(F)F)cc3C2)cc(C)c1NC(=O)CC(C)(C)C. The molecule has 0 radical (unpaired) electrons. The minimum absolute atomic E-state index is 0.0202. The molecule has 2 heterocycles. The Labute approximate surface area is 169 Å². The number of hydrogen-bond donors (Lipinski definition) is 1. The summed E-state index contributed by atoms with van der Waals surface area (Å²) in [5.74, 6) is 0.0202. The molecule has 1 N–H and O–H groups in total. The van der Waals surface area contributed by atoms with E-state index in [2.05, 4.69) is 22.3 Å². The van der Waals surface area contributed by atoms with Crippen LogP contribution in [0.4, 0.5) is 20.2 Å². The van der Waals surface area contributed by atoms with Crippen LogP contribution in [0.15, 0.2) is 18.2 Å². The lowest BCUT2D eigenvalue weighted by Crippen LogP contribution is -2.29. The van der Waals surface area contributed by atoms with Crippen molar-refractivity contribution in [1.29, 1.82) is 0 Å². The number of halogens is 2. The summed E-state index contributed by atoms with van der Waals surface area (Å²) in [6, 6.07) is 5.80. The molecule has 3 rings (SSSR count). The third-order valence-electron chi connectivity index (χ3n) is 4.94. The van der Waals surface area contributed by atoms with Gasteiger partial charge in [0.1, 0.15) is 0 Å². The molecule has 1 aliphatic heterocycles. The number of rotatable bonds is 4. The zero-order valence-electron chi connectivity index (χ0n) is 17.2. The Morgan fingerprint density at radius 1 is 1.21 bits per heavy atom. The number of aryl methyl sites for hydroxylation is 2. The molecule has 2 aromatic rings. The van der Waals surface area contributed by atoms with E-state index in [4.69, 9.17) is 0 Å². The summed E-state index contributed by atoms with van der Waals surface area (Å²) in [6.45, 7) is 11.6. The van der Waals surface area contributed by atoms with Crippen molar-refractivity contribution in [2.24, 2.45) is 5.41 Å². The van der Waals surface area contributed by atoms with Crippen molar-refractivity contribution < 1.29 is 13.6 Å². The van der Waals surface area contributed by atoms with Gasteiger partial charge in [-0.05, 0) is 60.6 Å². The standard InChI is InChI=1S/C22H28F2N2OS/c1-13-8-16(9-14(2)20(13)25-19(27)11-22(3,4)5)26-7-6-17-15(12-26)10-18(28-17)21(23)24/h8-10,21H,6-7,11-12H2,1-5H3,(H,25,27). The van der Waals surface area contributed by atoms with Gasteiger partial charge in [-0.2, -0.15) is 0 Å². The molecule has 152 valence electrons. The fraction of sp³-hybridized carbons (Fsp3) is 0.500. The number of thiophene rings is 1. The topological polar surface area (TPSA) is 32.3 Å². The van der Waals surface area contributed by atoms with Crippen molar-refractivity contribution in [3.63, 3.8) is 0 Å². The van der Waals surface area contributed by atoms with Gasteiger partial charge in [0.25, 0.3) is 6.43 Å². The molecule has 0 saturated heterocycles. The van der Waals surface area contributed by atoms with Crippen LogP contribution in [0.25, 0.3) is 0 Å². The van der Waals surface area contributed by atoms with Gasteiger partial charge in [-0.15, -0.1) is 11.3 Å². The van der Waals surface area contributed by atoms with E-state index >= 15 is 0 Å². The van der Waals surface area contributed by atoms with Crippen LogP contribution in [0.5, 0.6) is 0 Å². The van der Waals surface area contributed by atoms with Crippen LogP contribution in [0.2, 0.25) is 0 Å². The zero-order valence-corrected chi connectivity index (χ0v) is 18.0. The van der Waals surface area contributed by atoms with E-state index < -0.39 is 6.43 Å². The number of carbonyl (C=O) groups is 1. The smallest absolute Gasteiger partial charge is 0.272 e. The highest BCUT2D eigenvalue weighted by Crippen LogP contribution is 2.36. The third-order valence-corrected chi connectivity index (χ3v) is 6.18. The van der Waals surface area contributed by atoms with Crippen LogP contribution in [0.1, 0.15) is 60.1 Å². The molecule has 1 aromatic heterocycles. The van der Waals surface area contributed by atoms with Gasteiger partial charge >= 0.3 is 0 Å². The molecule has 0 spiro atoms. The Kier molecular flexibility index (Phi) is 5.80. The number of fused-ring (bicyclic) bond motifs is 1. The van der Waals surface area contributed by atoms with E-state index in [-0.39, 0.29) is 16.2 Å². The first-order valence-electron chi connectivity index (χ1n) is 9.59. The Bertz CT molecular complexity index is 860. The van der Waals surface area contributed by atoms with Gasteiger partial charge in [-0.1, -0.05) is 20.8 Å². The highest BCUT2D eigenvalue weighted by atomic mass is 32.1. The Hall–Kier alpha value is -1.95. The highest BCUT2D eigenvalue weighted by Gasteiger charge is 2.23. The molecule has 28 heavy (non-hydrogen) atoms. The van der Waals surface area contributed by atoms with Gasteiger partial charge in [0.05, 0.1) is 4.88 Å². The Morgan fingerprint density at radius 2 is 1.86 bits per heavy atom. The molecule has 0 fully saturated rings. The van der Waals surface area contributed by atoms with E-state index in [1.807, 2.05) is 34.6 Å². The first kappa shape index (κ1) is 20.8. The number of carbonyl (C=O) groups excluding carboxylic acids is 1. The summed E-state index contributed by atoms with van der Waals surface area (Å²) in [7, 11) is 0.